The Balaban J connectivity index is 0.000000254. The summed E-state index contributed by atoms with van der Waals surface area (Å²) >= 11 is 8.04. The molecule has 0 aromatic heterocycles. The van der Waals surface area contributed by atoms with E-state index >= 15 is 0 Å². The van der Waals surface area contributed by atoms with Gasteiger partial charge in [-0.3, -0.25) is 19.2 Å². The first kappa shape index (κ1) is 82.1. The zero-order valence-corrected chi connectivity index (χ0v) is 61.8. The van der Waals surface area contributed by atoms with Gasteiger partial charge in [-0.2, -0.15) is 12.6 Å². The van der Waals surface area contributed by atoms with Crippen molar-refractivity contribution < 1.29 is 66.5 Å². The fourth-order valence-electron chi connectivity index (χ4n) is 13.3. The van der Waals surface area contributed by atoms with Crippen LogP contribution in [-0.2, 0) is 66.5 Å². The van der Waals surface area contributed by atoms with Crippen LogP contribution in [0.3, 0.4) is 0 Å². The molecule has 4 N–H and O–H groups in total. The number of rotatable bonds is 10. The summed E-state index contributed by atoms with van der Waals surface area (Å²) in [6.45, 7) is 15.6. The molecule has 532 valence electrons. The van der Waals surface area contributed by atoms with Gasteiger partial charge in [0.15, 0.2) is 23.1 Å². The molecule has 2 aliphatic carbocycles. The molecule has 2 saturated carbocycles. The second kappa shape index (κ2) is 44.6. The van der Waals surface area contributed by atoms with Crippen molar-refractivity contribution in [2.75, 3.05) is 63.0 Å². The van der Waals surface area contributed by atoms with E-state index in [0.29, 0.717) is 6.61 Å². The topological polar surface area (TPSA) is 209 Å². The van der Waals surface area contributed by atoms with Gasteiger partial charge in [-0.1, -0.05) is 247 Å². The van der Waals surface area contributed by atoms with Crippen molar-refractivity contribution >= 4 is 63.9 Å². The third kappa shape index (κ3) is 32.7. The summed E-state index contributed by atoms with van der Waals surface area (Å²) in [5.74, 6) is -5.18. The maximum Gasteiger partial charge on any atom is 0.230 e. The molecule has 8 rings (SSSR count). The van der Waals surface area contributed by atoms with E-state index in [0.717, 1.165) is 0 Å². The van der Waals surface area contributed by atoms with Crippen molar-refractivity contribution in [3.63, 3.8) is 0 Å². The van der Waals surface area contributed by atoms with Gasteiger partial charge in [0.25, 0.3) is 0 Å². The molecule has 8 atom stereocenters. The van der Waals surface area contributed by atoms with Crippen LogP contribution in [0.2, 0.25) is 0 Å². The van der Waals surface area contributed by atoms with Crippen molar-refractivity contribution in [2.45, 2.75) is 358 Å². The Hall–Kier alpha value is -1.34. The number of thioether (sulfide) groups is 1. The summed E-state index contributed by atoms with van der Waals surface area (Å²) in [6.07, 6.45) is 51.9. The lowest BCUT2D eigenvalue weighted by atomic mass is 9.97. The average molecular weight is 1390 g/mol. The van der Waals surface area contributed by atoms with Crippen molar-refractivity contribution in [3.05, 3.63) is 0 Å². The van der Waals surface area contributed by atoms with Crippen LogP contribution in [0, 0.1) is 0 Å². The number of nitrogens with one attached hydrogen (secondary N) is 4. The van der Waals surface area contributed by atoms with Gasteiger partial charge in [0.2, 0.25) is 35.2 Å². The van der Waals surface area contributed by atoms with E-state index in [1.165, 1.54) is 243 Å². The highest BCUT2D eigenvalue weighted by molar-refractivity contribution is 9.09. The van der Waals surface area contributed by atoms with E-state index in [1.54, 1.807) is 27.9 Å². The van der Waals surface area contributed by atoms with Crippen LogP contribution in [0.5, 0.6) is 0 Å². The zero-order chi connectivity index (χ0) is 66.5. The lowest BCUT2D eigenvalue weighted by molar-refractivity contribution is -0.277. The van der Waals surface area contributed by atoms with Gasteiger partial charge in [0.05, 0.1) is 48.9 Å². The second-order valence-electron chi connectivity index (χ2n) is 28.0. The first-order chi connectivity index (χ1) is 43.5. The van der Waals surface area contributed by atoms with E-state index in [2.05, 4.69) is 49.8 Å². The number of ether oxygens (including phenoxy) is 10. The molecule has 6 aliphatic heterocycles. The SMILES string of the molecule is C1CCCCCCCCCCCCCCCCC1.C1CCCCCCCCCCCCCCCCC1.CC1(C)O[C@@H]2[C@@H](CO[C@@]3(CNC(=O)CBr)OC(C)(C)O[C@@H]23)O1.CNC(=O)CS.CNC(=O)CSCC(=O)NC[C@@]12OC[C@H]3OC(C)(C)O[C@H]3[C@@H]1OC(C)(C)O2. The average Bonchev–Trinajstić information content (AvgIpc) is 1.59. The molecule has 8 fully saturated rings. The molecule has 0 aromatic carbocycles. The summed E-state index contributed by atoms with van der Waals surface area (Å²) < 4.78 is 59.8. The minimum absolute atomic E-state index is 0.0432. The Morgan fingerprint density at radius 2 is 0.648 bits per heavy atom. The van der Waals surface area contributed by atoms with Crippen LogP contribution in [0.4, 0.5) is 0 Å². The van der Waals surface area contributed by atoms with Crippen LogP contribution in [0.1, 0.15) is 287 Å². The van der Waals surface area contributed by atoms with Crippen LogP contribution in [-0.4, -0.2) is 158 Å². The van der Waals surface area contributed by atoms with Crippen molar-refractivity contribution in [1.82, 2.24) is 21.3 Å². The molecule has 0 aromatic rings. The molecular weight excluding hydrogens is 1260 g/mol. The van der Waals surface area contributed by atoms with E-state index in [9.17, 15) is 19.2 Å². The first-order valence-electron chi connectivity index (χ1n) is 36.0. The molecule has 0 unspecified atom stereocenters. The summed E-state index contributed by atoms with van der Waals surface area (Å²) in [5, 5.41) is 10.8. The Kier molecular flexibility index (Phi) is 40.2. The highest BCUT2D eigenvalue weighted by atomic mass is 79.9. The molecule has 21 heteroatoms. The van der Waals surface area contributed by atoms with E-state index in [1.807, 2.05) is 41.5 Å². The third-order valence-electron chi connectivity index (χ3n) is 17.9. The quantitative estimate of drug-likeness (QED) is 0.102. The van der Waals surface area contributed by atoms with Crippen molar-refractivity contribution in [3.8, 4) is 0 Å². The van der Waals surface area contributed by atoms with Gasteiger partial charge in [-0.15, -0.1) is 11.8 Å². The predicted octanol–water partition coefficient (Wildman–Crippen LogP) is 14.6. The molecule has 6 heterocycles. The summed E-state index contributed by atoms with van der Waals surface area (Å²) in [4.78, 5) is 45.0. The number of carbonyl (C=O) groups excluding carboxylic acids is 4. The first-order valence-corrected chi connectivity index (χ1v) is 38.9. The predicted molar refractivity (Wildman–Crippen MR) is 370 cm³/mol. The van der Waals surface area contributed by atoms with Crippen LogP contribution < -0.4 is 21.3 Å². The summed E-state index contributed by atoms with van der Waals surface area (Å²) in [6, 6.07) is 0. The van der Waals surface area contributed by atoms with Crippen LogP contribution in [0.25, 0.3) is 0 Å². The second-order valence-corrected chi connectivity index (χ2v) is 29.9. The number of fused-ring (bicyclic) bond motifs is 6. The Bertz CT molecular complexity index is 1820. The standard InChI is InChI=1S/2C18H36.C17H28N2O7S.C14H22BrNO6.C3H7NOS/c2*1-2-4-6-8-10-12-14-16-18-17-15-13-11-9-7-5-3-1;1-15(2)23-10-6-22-17(9-19-12(21)8-27-7-11(20)18-5)14(13(10)24-15)25-16(3,4)26-17;1-12(2)19-8-6-18-14(7-16-9(17)5-15)11(10(8)20-12)21-13(3,4)22-14;1-4-3(5)2-6/h2*1-18H2;10,13-14H,6-9H2,1-5H3,(H,18,20)(H,19,21);8,10-11H,5-7H2,1-4H3,(H,16,17);6H,2H2,1H3,(H,4,5)/t;;10-,13-,14+,17+;8-,10-,11+,14+;/m..11./s1. The highest BCUT2D eigenvalue weighted by Gasteiger charge is 2.67. The van der Waals surface area contributed by atoms with E-state index in [4.69, 9.17) is 47.4 Å². The number of amides is 4. The molecule has 91 heavy (non-hydrogen) atoms. The van der Waals surface area contributed by atoms with Crippen LogP contribution in [0.15, 0.2) is 0 Å². The lowest BCUT2D eigenvalue weighted by Crippen LogP contribution is -2.62. The monoisotopic (exact) mass is 1390 g/mol. The molecule has 8 aliphatic rings. The number of carbonyl (C=O) groups is 4. The van der Waals surface area contributed by atoms with Gasteiger partial charge < -0.3 is 68.6 Å². The van der Waals surface area contributed by atoms with Gasteiger partial charge in [0, 0.05) is 14.1 Å². The van der Waals surface area contributed by atoms with Crippen molar-refractivity contribution in [2.24, 2.45) is 0 Å². The largest absolute Gasteiger partial charge is 0.358 e. The number of alkyl halides is 1. The highest BCUT2D eigenvalue weighted by Crippen LogP contribution is 2.49. The van der Waals surface area contributed by atoms with Crippen molar-refractivity contribution in [1.29, 1.82) is 0 Å². The maximum absolute atomic E-state index is 12.2. The Morgan fingerprint density at radius 3 is 0.890 bits per heavy atom. The number of hydrogen-bond donors (Lipinski definition) is 5. The fraction of sp³-hybridized carbons (Fsp3) is 0.943. The van der Waals surface area contributed by atoms with Gasteiger partial charge in [-0.05, 0) is 55.4 Å². The number of hydrogen-bond acceptors (Lipinski definition) is 16. The molecule has 0 radical (unpaired) electrons. The molecule has 18 nitrogen and oxygen atoms in total. The maximum atomic E-state index is 12.2. The minimum Gasteiger partial charge on any atom is -0.358 e. The molecule has 6 saturated heterocycles. The Labute approximate surface area is 569 Å². The minimum atomic E-state index is -1.14. The van der Waals surface area contributed by atoms with Gasteiger partial charge in [0.1, 0.15) is 36.6 Å². The van der Waals surface area contributed by atoms with E-state index in [-0.39, 0.29) is 90.3 Å². The molecule has 4 amide bonds. The zero-order valence-electron chi connectivity index (χ0n) is 58.5. The Morgan fingerprint density at radius 1 is 0.385 bits per heavy atom. The van der Waals surface area contributed by atoms with E-state index < -0.39 is 46.9 Å². The summed E-state index contributed by atoms with van der Waals surface area (Å²) in [7, 11) is 3.14. The smallest absolute Gasteiger partial charge is 0.230 e. The molecular formula is C70H129BrN4O14S2. The van der Waals surface area contributed by atoms with Crippen LogP contribution >= 0.6 is 40.3 Å². The lowest BCUT2D eigenvalue weighted by Gasteiger charge is -2.40. The molecule has 0 bridgehead atoms. The molecule has 0 spiro atoms. The van der Waals surface area contributed by atoms with Gasteiger partial charge in [-0.25, -0.2) is 0 Å². The summed E-state index contributed by atoms with van der Waals surface area (Å²) in [5.41, 5.74) is 0. The number of halogens is 1. The normalized spacial score (nSPS) is 30.8. The van der Waals surface area contributed by atoms with Gasteiger partial charge >= 0.3 is 0 Å². The number of thiol groups is 1. The third-order valence-corrected chi connectivity index (χ3v) is 19.6. The fourth-order valence-corrected chi connectivity index (χ4v) is 14.3.